The molecule has 5 heteroatoms. The van der Waals surface area contributed by atoms with Crippen molar-refractivity contribution in [3.63, 3.8) is 0 Å². The molecule has 0 aromatic carbocycles. The highest BCUT2D eigenvalue weighted by Gasteiger charge is 2.37. The standard InChI is InChI=1S/C19H29N3O2/c1-14-11-17(14)18-6-5-16(24-18)12-22(15-3-4-15)13-19(23)21-9-7-20(2)8-10-21/h5-6,14-15,17H,3-4,7-13H2,1-2H3/t14-,17-/m1/s1. The fourth-order valence-electron chi connectivity index (χ4n) is 3.68. The van der Waals surface area contributed by atoms with Gasteiger partial charge in [-0.05, 0) is 44.4 Å². The van der Waals surface area contributed by atoms with Gasteiger partial charge in [0, 0.05) is 38.1 Å². The van der Waals surface area contributed by atoms with E-state index < -0.39 is 0 Å². The number of furan rings is 1. The lowest BCUT2D eigenvalue weighted by atomic mass is 10.3. The van der Waals surface area contributed by atoms with Gasteiger partial charge in [-0.25, -0.2) is 0 Å². The van der Waals surface area contributed by atoms with Gasteiger partial charge in [0.2, 0.25) is 5.91 Å². The molecule has 0 unspecified atom stereocenters. The Morgan fingerprint density at radius 1 is 1.25 bits per heavy atom. The predicted molar refractivity (Wildman–Crippen MR) is 92.7 cm³/mol. The smallest absolute Gasteiger partial charge is 0.236 e. The molecular weight excluding hydrogens is 302 g/mol. The van der Waals surface area contributed by atoms with E-state index >= 15 is 0 Å². The van der Waals surface area contributed by atoms with Crippen LogP contribution in [-0.2, 0) is 11.3 Å². The van der Waals surface area contributed by atoms with Crippen molar-refractivity contribution in [1.82, 2.24) is 14.7 Å². The highest BCUT2D eigenvalue weighted by Crippen LogP contribution is 2.47. The fourth-order valence-corrected chi connectivity index (χ4v) is 3.68. The zero-order valence-electron chi connectivity index (χ0n) is 14.9. The summed E-state index contributed by atoms with van der Waals surface area (Å²) in [6.45, 7) is 7.26. The van der Waals surface area contributed by atoms with E-state index in [-0.39, 0.29) is 5.91 Å². The summed E-state index contributed by atoms with van der Waals surface area (Å²) in [5, 5.41) is 0. The van der Waals surface area contributed by atoms with Gasteiger partial charge in [0.25, 0.3) is 0 Å². The fraction of sp³-hybridized carbons (Fsp3) is 0.737. The Labute approximate surface area is 144 Å². The molecule has 1 aromatic heterocycles. The third kappa shape index (κ3) is 3.67. The molecule has 3 fully saturated rings. The average Bonchev–Trinajstić information content (AvgIpc) is 3.48. The van der Waals surface area contributed by atoms with E-state index in [4.69, 9.17) is 4.42 Å². The van der Waals surface area contributed by atoms with E-state index in [1.807, 2.05) is 4.90 Å². The number of carbonyl (C=O) groups is 1. The van der Waals surface area contributed by atoms with Crippen molar-refractivity contribution in [2.45, 2.75) is 44.7 Å². The van der Waals surface area contributed by atoms with Gasteiger partial charge >= 0.3 is 0 Å². The van der Waals surface area contributed by atoms with Crippen LogP contribution >= 0.6 is 0 Å². The van der Waals surface area contributed by atoms with Gasteiger partial charge in [0.05, 0.1) is 13.1 Å². The van der Waals surface area contributed by atoms with Crippen LogP contribution in [0.5, 0.6) is 0 Å². The summed E-state index contributed by atoms with van der Waals surface area (Å²) in [6, 6.07) is 4.81. The predicted octanol–water partition coefficient (Wildman–Crippen LogP) is 2.14. The van der Waals surface area contributed by atoms with E-state index in [0.717, 1.165) is 50.2 Å². The molecule has 5 nitrogen and oxygen atoms in total. The quantitative estimate of drug-likeness (QED) is 0.801. The van der Waals surface area contributed by atoms with Crippen LogP contribution in [0.1, 0.15) is 43.6 Å². The molecule has 1 amide bonds. The Bertz CT molecular complexity index is 587. The largest absolute Gasteiger partial charge is 0.464 e. The first-order valence-electron chi connectivity index (χ1n) is 9.39. The lowest BCUT2D eigenvalue weighted by molar-refractivity contribution is -0.134. The summed E-state index contributed by atoms with van der Waals surface area (Å²) in [6.07, 6.45) is 3.67. The normalized spacial score (nSPS) is 27.7. The van der Waals surface area contributed by atoms with Gasteiger partial charge in [-0.3, -0.25) is 9.69 Å². The Balaban J connectivity index is 1.34. The van der Waals surface area contributed by atoms with E-state index in [1.54, 1.807) is 0 Å². The minimum Gasteiger partial charge on any atom is -0.464 e. The van der Waals surface area contributed by atoms with Gasteiger partial charge in [-0.15, -0.1) is 0 Å². The maximum atomic E-state index is 12.6. The molecule has 0 bridgehead atoms. The van der Waals surface area contributed by atoms with Crippen molar-refractivity contribution < 1.29 is 9.21 Å². The third-order valence-electron chi connectivity index (χ3n) is 5.77. The molecule has 0 radical (unpaired) electrons. The first-order valence-corrected chi connectivity index (χ1v) is 9.39. The number of hydrogen-bond donors (Lipinski definition) is 0. The lowest BCUT2D eigenvalue weighted by Crippen LogP contribution is -2.50. The van der Waals surface area contributed by atoms with Crippen molar-refractivity contribution in [1.29, 1.82) is 0 Å². The van der Waals surface area contributed by atoms with E-state index in [0.29, 0.717) is 18.5 Å². The number of hydrogen-bond acceptors (Lipinski definition) is 4. The molecule has 0 spiro atoms. The van der Waals surface area contributed by atoms with Crippen LogP contribution in [0.15, 0.2) is 16.5 Å². The Kier molecular flexibility index (Phi) is 4.39. The second-order valence-electron chi connectivity index (χ2n) is 7.94. The van der Waals surface area contributed by atoms with Crippen LogP contribution in [0.2, 0.25) is 0 Å². The Hall–Kier alpha value is -1.33. The van der Waals surface area contributed by atoms with Gasteiger partial charge in [0.15, 0.2) is 0 Å². The molecule has 24 heavy (non-hydrogen) atoms. The molecular formula is C19H29N3O2. The minimum absolute atomic E-state index is 0.276. The number of piperazine rings is 1. The van der Waals surface area contributed by atoms with Crippen LogP contribution in [0.4, 0.5) is 0 Å². The topological polar surface area (TPSA) is 39.9 Å². The molecule has 3 aliphatic rings. The number of likely N-dealkylation sites (N-methyl/N-ethyl adjacent to an activating group) is 1. The van der Waals surface area contributed by atoms with Gasteiger partial charge < -0.3 is 14.2 Å². The van der Waals surface area contributed by atoms with Crippen molar-refractivity contribution in [2.24, 2.45) is 5.92 Å². The molecule has 2 atom stereocenters. The highest BCUT2D eigenvalue weighted by atomic mass is 16.3. The molecule has 1 saturated heterocycles. The van der Waals surface area contributed by atoms with Crippen molar-refractivity contribution >= 4 is 5.91 Å². The number of amides is 1. The zero-order valence-corrected chi connectivity index (χ0v) is 14.9. The first-order chi connectivity index (χ1) is 11.6. The summed E-state index contributed by atoms with van der Waals surface area (Å²) in [7, 11) is 2.12. The molecule has 1 aliphatic heterocycles. The monoisotopic (exact) mass is 331 g/mol. The summed E-state index contributed by atoms with van der Waals surface area (Å²) >= 11 is 0. The van der Waals surface area contributed by atoms with Crippen molar-refractivity contribution in [3.05, 3.63) is 23.7 Å². The van der Waals surface area contributed by atoms with Crippen LogP contribution in [0, 0.1) is 5.92 Å². The molecule has 2 heterocycles. The van der Waals surface area contributed by atoms with Crippen LogP contribution in [0.3, 0.4) is 0 Å². The second kappa shape index (κ2) is 6.52. The first kappa shape index (κ1) is 16.2. The highest BCUT2D eigenvalue weighted by molar-refractivity contribution is 5.78. The maximum Gasteiger partial charge on any atom is 0.236 e. The SMILES string of the molecule is C[C@@H]1C[C@H]1c1ccc(CN(CC(=O)N2CCN(C)CC2)C2CC2)o1. The summed E-state index contributed by atoms with van der Waals surface area (Å²) in [5.74, 6) is 3.82. The summed E-state index contributed by atoms with van der Waals surface area (Å²) in [4.78, 5) is 19.3. The number of carbonyl (C=O) groups excluding carboxylic acids is 1. The van der Waals surface area contributed by atoms with Crippen molar-refractivity contribution in [2.75, 3.05) is 39.8 Å². The van der Waals surface area contributed by atoms with Gasteiger partial charge in [-0.2, -0.15) is 0 Å². The van der Waals surface area contributed by atoms with Crippen LogP contribution in [0.25, 0.3) is 0 Å². The molecule has 1 aromatic rings. The lowest BCUT2D eigenvalue weighted by Gasteiger charge is -2.34. The minimum atomic E-state index is 0.276. The Morgan fingerprint density at radius 3 is 2.58 bits per heavy atom. The third-order valence-corrected chi connectivity index (χ3v) is 5.77. The van der Waals surface area contributed by atoms with E-state index in [2.05, 4.69) is 35.9 Å². The maximum absolute atomic E-state index is 12.6. The van der Waals surface area contributed by atoms with Crippen molar-refractivity contribution in [3.8, 4) is 0 Å². The van der Waals surface area contributed by atoms with Gasteiger partial charge in [0.1, 0.15) is 11.5 Å². The molecule has 0 N–H and O–H groups in total. The zero-order chi connectivity index (χ0) is 16.7. The van der Waals surface area contributed by atoms with E-state index in [1.165, 1.54) is 19.3 Å². The van der Waals surface area contributed by atoms with Crippen LogP contribution in [-0.4, -0.2) is 66.4 Å². The summed E-state index contributed by atoms with van der Waals surface area (Å²) in [5.41, 5.74) is 0. The second-order valence-corrected chi connectivity index (χ2v) is 7.94. The van der Waals surface area contributed by atoms with Gasteiger partial charge in [-0.1, -0.05) is 6.92 Å². The summed E-state index contributed by atoms with van der Waals surface area (Å²) < 4.78 is 6.05. The molecule has 2 saturated carbocycles. The molecule has 4 rings (SSSR count). The Morgan fingerprint density at radius 2 is 1.96 bits per heavy atom. The molecule has 132 valence electrons. The number of rotatable bonds is 6. The number of nitrogens with zero attached hydrogens (tertiary/aromatic N) is 3. The molecule has 2 aliphatic carbocycles. The van der Waals surface area contributed by atoms with E-state index in [9.17, 15) is 4.79 Å². The average molecular weight is 331 g/mol. The van der Waals surface area contributed by atoms with Crippen LogP contribution < -0.4 is 0 Å².